The first-order valence-corrected chi connectivity index (χ1v) is 47.7. The summed E-state index contributed by atoms with van der Waals surface area (Å²) < 4.78 is 68.9. The van der Waals surface area contributed by atoms with Crippen molar-refractivity contribution in [2.24, 2.45) is 23.7 Å². The molecule has 0 fully saturated rings. The van der Waals surface area contributed by atoms with Crippen LogP contribution in [0.5, 0.6) is 0 Å². The van der Waals surface area contributed by atoms with E-state index in [0.29, 0.717) is 31.6 Å². The van der Waals surface area contributed by atoms with Crippen LogP contribution in [-0.4, -0.2) is 96.7 Å². The monoisotopic (exact) mass is 1550 g/mol. The fraction of sp³-hybridized carbons (Fsp3) is 0.954. The van der Waals surface area contributed by atoms with Crippen molar-refractivity contribution >= 4 is 39.5 Å². The molecule has 0 aromatic carbocycles. The van der Waals surface area contributed by atoms with Crippen LogP contribution in [0, 0.1) is 23.7 Å². The zero-order valence-electron chi connectivity index (χ0n) is 70.1. The molecule has 630 valence electrons. The van der Waals surface area contributed by atoms with Crippen LogP contribution in [0.3, 0.4) is 0 Å². The number of esters is 4. The summed E-state index contributed by atoms with van der Waals surface area (Å²) in [6.07, 6.45) is 65.5. The molecule has 0 rings (SSSR count). The van der Waals surface area contributed by atoms with Gasteiger partial charge in [-0.2, -0.15) is 0 Å². The first kappa shape index (κ1) is 104. The summed E-state index contributed by atoms with van der Waals surface area (Å²) in [7, 11) is -9.93. The molecule has 0 saturated heterocycles. The first-order valence-electron chi connectivity index (χ1n) is 44.7. The number of phosphoric acid groups is 2. The van der Waals surface area contributed by atoms with Crippen LogP contribution in [0.15, 0.2) is 0 Å². The normalized spacial score (nSPS) is 14.2. The summed E-state index contributed by atoms with van der Waals surface area (Å²) in [5.41, 5.74) is 0. The lowest BCUT2D eigenvalue weighted by Crippen LogP contribution is -2.30. The molecule has 0 bridgehead atoms. The van der Waals surface area contributed by atoms with Crippen LogP contribution in [0.25, 0.3) is 0 Å². The Morgan fingerprint density at radius 3 is 0.670 bits per heavy atom. The van der Waals surface area contributed by atoms with E-state index in [-0.39, 0.29) is 25.7 Å². The standard InChI is InChI=1S/C87H170O17P2/c1-9-80(8)66-58-50-41-35-29-23-17-12-10-11-13-18-24-30-36-42-51-59-67-84(89)97-73-82(103-86(91)69-61-53-43-37-31-25-19-15-14-16-21-27-33-39-47-55-63-77(2)3)75-101-105(93,94)99-71-81(88)72-100-106(95,96)102-76-83(74-98-85(90)68-60-52-46-45-49-57-65-79(6)7)104-87(92)70-62-54-44-38-32-26-20-22-28-34-40-48-56-64-78(4)5/h77-83,88H,9-76H2,1-8H3,(H,93,94)(H,95,96)/t80?,81-,82-,83-/m1/s1. The van der Waals surface area contributed by atoms with E-state index in [1.54, 1.807) is 0 Å². The van der Waals surface area contributed by atoms with Crippen molar-refractivity contribution in [3.63, 3.8) is 0 Å². The molecule has 0 aliphatic rings. The SMILES string of the molecule is CCC(C)CCCCCCCCCCCCCCCCCCCCC(=O)OC[C@H](COP(=O)(O)OC[C@@H](O)COP(=O)(O)OC[C@@H](COC(=O)CCCCCCCCC(C)C)OC(=O)CCCCCCCCCCCCCCCC(C)C)OC(=O)CCCCCCCCCCCCCCCCCCC(C)C. The minimum absolute atomic E-state index is 0.106. The van der Waals surface area contributed by atoms with Gasteiger partial charge in [-0.05, 0) is 49.4 Å². The van der Waals surface area contributed by atoms with Gasteiger partial charge in [0.25, 0.3) is 0 Å². The van der Waals surface area contributed by atoms with Crippen molar-refractivity contribution in [2.75, 3.05) is 39.6 Å². The number of carbonyl (C=O) groups is 4. The molecular weight excluding hydrogens is 1380 g/mol. The maximum atomic E-state index is 13.2. The van der Waals surface area contributed by atoms with Crippen LogP contribution in [0.2, 0.25) is 0 Å². The molecule has 0 aromatic rings. The van der Waals surface area contributed by atoms with Gasteiger partial charge >= 0.3 is 39.5 Å². The van der Waals surface area contributed by atoms with E-state index < -0.39 is 97.5 Å². The van der Waals surface area contributed by atoms with Gasteiger partial charge in [-0.3, -0.25) is 37.3 Å². The van der Waals surface area contributed by atoms with Crippen LogP contribution >= 0.6 is 15.6 Å². The molecule has 0 aliphatic heterocycles. The van der Waals surface area contributed by atoms with E-state index in [4.69, 9.17) is 37.0 Å². The fourth-order valence-electron chi connectivity index (χ4n) is 13.5. The lowest BCUT2D eigenvalue weighted by atomic mass is 9.99. The Kier molecular flexibility index (Phi) is 74.3. The molecule has 0 aromatic heterocycles. The summed E-state index contributed by atoms with van der Waals surface area (Å²) in [5, 5.41) is 10.7. The molecular formula is C87H170O17P2. The van der Waals surface area contributed by atoms with Crippen molar-refractivity contribution in [3.8, 4) is 0 Å². The number of phosphoric ester groups is 2. The van der Waals surface area contributed by atoms with E-state index in [1.807, 2.05) is 0 Å². The number of aliphatic hydroxyl groups excluding tert-OH is 1. The van der Waals surface area contributed by atoms with Crippen LogP contribution in [-0.2, 0) is 65.4 Å². The maximum absolute atomic E-state index is 13.2. The van der Waals surface area contributed by atoms with Crippen molar-refractivity contribution in [1.29, 1.82) is 0 Å². The van der Waals surface area contributed by atoms with Crippen LogP contribution < -0.4 is 0 Å². The molecule has 0 radical (unpaired) electrons. The zero-order chi connectivity index (χ0) is 78.1. The Balaban J connectivity index is 5.20. The van der Waals surface area contributed by atoms with Gasteiger partial charge < -0.3 is 33.8 Å². The Morgan fingerprint density at radius 2 is 0.453 bits per heavy atom. The minimum Gasteiger partial charge on any atom is -0.462 e. The van der Waals surface area contributed by atoms with Gasteiger partial charge in [0, 0.05) is 25.7 Å². The Hall–Kier alpha value is -1.94. The van der Waals surface area contributed by atoms with Crippen molar-refractivity contribution < 1.29 is 80.2 Å². The van der Waals surface area contributed by atoms with Gasteiger partial charge in [0.1, 0.15) is 19.3 Å². The average Bonchev–Trinajstić information content (AvgIpc) is 0.920. The highest BCUT2D eigenvalue weighted by Gasteiger charge is 2.31. The second-order valence-electron chi connectivity index (χ2n) is 33.0. The van der Waals surface area contributed by atoms with E-state index in [1.165, 1.54) is 250 Å². The van der Waals surface area contributed by atoms with E-state index in [9.17, 15) is 43.2 Å². The number of aliphatic hydroxyl groups is 1. The Morgan fingerprint density at radius 1 is 0.264 bits per heavy atom. The Labute approximate surface area is 651 Å². The highest BCUT2D eigenvalue weighted by Crippen LogP contribution is 2.45. The maximum Gasteiger partial charge on any atom is 0.472 e. The average molecular weight is 1550 g/mol. The molecule has 0 spiro atoms. The molecule has 0 saturated carbocycles. The van der Waals surface area contributed by atoms with Gasteiger partial charge in [0.15, 0.2) is 12.2 Å². The summed E-state index contributed by atoms with van der Waals surface area (Å²) >= 11 is 0. The quantitative estimate of drug-likeness (QED) is 0.0222. The molecule has 106 heavy (non-hydrogen) atoms. The molecule has 0 aliphatic carbocycles. The zero-order valence-corrected chi connectivity index (χ0v) is 71.9. The lowest BCUT2D eigenvalue weighted by molar-refractivity contribution is -0.161. The number of hydrogen-bond acceptors (Lipinski definition) is 15. The molecule has 3 unspecified atom stereocenters. The molecule has 3 N–H and O–H groups in total. The number of unbranched alkanes of at least 4 members (excludes halogenated alkanes) is 49. The summed E-state index contributed by atoms with van der Waals surface area (Å²) in [4.78, 5) is 73.2. The summed E-state index contributed by atoms with van der Waals surface area (Å²) in [6.45, 7) is 14.3. The molecule has 0 amide bonds. The topological polar surface area (TPSA) is 237 Å². The third kappa shape index (κ3) is 78.7. The fourth-order valence-corrected chi connectivity index (χ4v) is 15.0. The number of carbonyl (C=O) groups excluding carboxylic acids is 4. The third-order valence-electron chi connectivity index (χ3n) is 20.7. The van der Waals surface area contributed by atoms with Crippen molar-refractivity contribution in [2.45, 2.75) is 472 Å². The van der Waals surface area contributed by atoms with Crippen molar-refractivity contribution in [1.82, 2.24) is 0 Å². The van der Waals surface area contributed by atoms with Gasteiger partial charge in [0.05, 0.1) is 26.4 Å². The second-order valence-corrected chi connectivity index (χ2v) is 35.9. The number of ether oxygens (including phenoxy) is 4. The summed E-state index contributed by atoms with van der Waals surface area (Å²) in [5.74, 6) is 1.04. The third-order valence-corrected chi connectivity index (χ3v) is 22.6. The number of hydrogen-bond donors (Lipinski definition) is 3. The van der Waals surface area contributed by atoms with Crippen molar-refractivity contribution in [3.05, 3.63) is 0 Å². The van der Waals surface area contributed by atoms with Gasteiger partial charge in [-0.25, -0.2) is 9.13 Å². The largest absolute Gasteiger partial charge is 0.472 e. The number of rotatable bonds is 84. The summed E-state index contributed by atoms with van der Waals surface area (Å²) in [6, 6.07) is 0. The second kappa shape index (κ2) is 75.7. The van der Waals surface area contributed by atoms with Gasteiger partial charge in [-0.15, -0.1) is 0 Å². The van der Waals surface area contributed by atoms with Crippen LogP contribution in [0.4, 0.5) is 0 Å². The minimum atomic E-state index is -4.97. The predicted molar refractivity (Wildman–Crippen MR) is 437 cm³/mol. The smallest absolute Gasteiger partial charge is 0.462 e. The molecule has 6 atom stereocenters. The molecule has 0 heterocycles. The predicted octanol–water partition coefficient (Wildman–Crippen LogP) is 26.3. The first-order chi connectivity index (χ1) is 51.1. The van der Waals surface area contributed by atoms with E-state index in [2.05, 4.69) is 55.4 Å². The van der Waals surface area contributed by atoms with Gasteiger partial charge in [-0.1, -0.05) is 402 Å². The van der Waals surface area contributed by atoms with E-state index >= 15 is 0 Å². The van der Waals surface area contributed by atoms with E-state index in [0.717, 1.165) is 114 Å². The van der Waals surface area contributed by atoms with Crippen LogP contribution in [0.1, 0.15) is 453 Å². The highest BCUT2D eigenvalue weighted by molar-refractivity contribution is 7.47. The van der Waals surface area contributed by atoms with Gasteiger partial charge in [0.2, 0.25) is 0 Å². The Bertz CT molecular complexity index is 2060. The highest BCUT2D eigenvalue weighted by atomic mass is 31.2. The molecule has 19 heteroatoms. The lowest BCUT2D eigenvalue weighted by Gasteiger charge is -2.21. The molecule has 17 nitrogen and oxygen atoms in total.